The predicted octanol–water partition coefficient (Wildman–Crippen LogP) is -1.98. The van der Waals surface area contributed by atoms with Gasteiger partial charge in [-0.25, -0.2) is 15.0 Å². The Labute approximate surface area is 130 Å². The van der Waals surface area contributed by atoms with Crippen LogP contribution in [0.2, 0.25) is 0 Å². The number of imidazole rings is 1. The van der Waals surface area contributed by atoms with Gasteiger partial charge in [0.2, 0.25) is 0 Å². The number of hydrogen-bond donors (Lipinski definition) is 2. The highest BCUT2D eigenvalue weighted by Crippen LogP contribution is 2.45. The summed E-state index contributed by atoms with van der Waals surface area (Å²) >= 11 is 4.24. The SMILES string of the molecule is Nc1ncnc2c1ncn2[C@H]1C[C@H](O[P+]([O-])([O-])[S-])[C@@H](CO)O1. The van der Waals surface area contributed by atoms with Gasteiger partial charge in [-0.15, -0.1) is 0 Å². The van der Waals surface area contributed by atoms with Crippen LogP contribution < -0.4 is 15.5 Å². The van der Waals surface area contributed by atoms with Crippen molar-refractivity contribution in [3.63, 3.8) is 0 Å². The second-order valence-corrected chi connectivity index (χ2v) is 7.17. The summed E-state index contributed by atoms with van der Waals surface area (Å²) in [4.78, 5) is 34.3. The van der Waals surface area contributed by atoms with Gasteiger partial charge < -0.3 is 37.6 Å². The van der Waals surface area contributed by atoms with E-state index in [-0.39, 0.29) is 12.2 Å². The fourth-order valence-electron chi connectivity index (χ4n) is 2.39. The van der Waals surface area contributed by atoms with Crippen LogP contribution in [0.1, 0.15) is 12.6 Å². The summed E-state index contributed by atoms with van der Waals surface area (Å²) in [5.74, 6) is 0.225. The normalized spacial score (nSPS) is 25.9. The summed E-state index contributed by atoms with van der Waals surface area (Å²) in [5.41, 5.74) is 6.56. The standard InChI is InChI=1S/C10H14N5O5PS/c11-9-8-10(13-3-12-9)15(4-14-8)7-1-5(6(2-16)19-7)20-21(17,18)22/h3-7,16H,1-2H2,(H2,11,12,13)(H2,17,18,22)/p-2/t5-,6+,7+/m0/s1. The minimum absolute atomic E-state index is 0.170. The second-order valence-electron chi connectivity index (χ2n) is 4.72. The van der Waals surface area contributed by atoms with Crippen LogP contribution in [0.15, 0.2) is 12.7 Å². The fraction of sp³-hybridized carbons (Fsp3) is 0.500. The molecule has 3 atom stereocenters. The van der Waals surface area contributed by atoms with Gasteiger partial charge in [0.15, 0.2) is 11.5 Å². The topological polar surface area (TPSA) is 154 Å². The summed E-state index contributed by atoms with van der Waals surface area (Å²) in [5, 5.41) is 9.30. The number of aliphatic hydroxyl groups is 1. The third-order valence-corrected chi connectivity index (χ3v) is 4.11. The third-order valence-electron chi connectivity index (χ3n) is 3.32. The zero-order chi connectivity index (χ0) is 15.9. The van der Waals surface area contributed by atoms with Gasteiger partial charge in [-0.2, -0.15) is 0 Å². The van der Waals surface area contributed by atoms with Gasteiger partial charge in [-0.05, 0) is 0 Å². The Kier molecular flexibility index (Phi) is 4.21. The zero-order valence-electron chi connectivity index (χ0n) is 11.1. The van der Waals surface area contributed by atoms with E-state index >= 15 is 0 Å². The van der Waals surface area contributed by atoms with Gasteiger partial charge in [0.1, 0.15) is 30.3 Å². The first-order valence-corrected chi connectivity index (χ1v) is 8.84. The molecule has 3 rings (SSSR count). The van der Waals surface area contributed by atoms with Crippen molar-refractivity contribution in [3.05, 3.63) is 12.7 Å². The molecule has 1 fully saturated rings. The van der Waals surface area contributed by atoms with E-state index in [1.54, 1.807) is 4.57 Å². The lowest BCUT2D eigenvalue weighted by Gasteiger charge is -2.42. The van der Waals surface area contributed by atoms with Crippen LogP contribution in [-0.2, 0) is 21.5 Å². The molecule has 10 nitrogen and oxygen atoms in total. The second kappa shape index (κ2) is 5.85. The lowest BCUT2D eigenvalue weighted by molar-refractivity contribution is -0.328. The van der Waals surface area contributed by atoms with Gasteiger partial charge in [0, 0.05) is 6.42 Å². The molecular weight excluding hydrogens is 333 g/mol. The molecule has 12 heteroatoms. The maximum Gasteiger partial charge on any atom is 0.167 e. The van der Waals surface area contributed by atoms with E-state index in [9.17, 15) is 14.9 Å². The van der Waals surface area contributed by atoms with E-state index in [0.29, 0.717) is 11.2 Å². The smallest absolute Gasteiger partial charge is 0.167 e. The first-order valence-electron chi connectivity index (χ1n) is 6.29. The van der Waals surface area contributed by atoms with Crippen LogP contribution in [0.3, 0.4) is 0 Å². The number of fused-ring (bicyclic) bond motifs is 1. The van der Waals surface area contributed by atoms with E-state index in [0.717, 1.165) is 0 Å². The summed E-state index contributed by atoms with van der Waals surface area (Å²) in [6.45, 7) is -0.403. The number of hydrogen-bond acceptors (Lipinski definition) is 10. The number of nitrogens with zero attached hydrogens (tertiary/aromatic N) is 4. The number of nitrogens with two attached hydrogens (primary N) is 1. The van der Waals surface area contributed by atoms with E-state index in [2.05, 4.69) is 27.2 Å². The van der Waals surface area contributed by atoms with E-state index in [4.69, 9.17) is 15.0 Å². The van der Waals surface area contributed by atoms with E-state index in [1.165, 1.54) is 12.7 Å². The van der Waals surface area contributed by atoms with Crippen molar-refractivity contribution in [2.45, 2.75) is 24.9 Å². The van der Waals surface area contributed by atoms with Crippen LogP contribution in [0.5, 0.6) is 0 Å². The van der Waals surface area contributed by atoms with Crippen LogP contribution in [0.4, 0.5) is 5.82 Å². The molecule has 1 aliphatic rings. The Balaban J connectivity index is 1.87. The number of rotatable bonds is 4. The minimum Gasteiger partial charge on any atom is -0.676 e. The predicted molar refractivity (Wildman–Crippen MR) is 74.5 cm³/mol. The molecule has 3 N–H and O–H groups in total. The van der Waals surface area contributed by atoms with Crippen molar-refractivity contribution in [1.82, 2.24) is 19.5 Å². The first kappa shape index (κ1) is 15.8. The summed E-state index contributed by atoms with van der Waals surface area (Å²) in [6, 6.07) is 0. The molecule has 3 heterocycles. The van der Waals surface area contributed by atoms with Crippen molar-refractivity contribution >= 4 is 36.4 Å². The zero-order valence-corrected chi connectivity index (χ0v) is 12.8. The van der Waals surface area contributed by atoms with Crippen LogP contribution in [0, 0.1) is 0 Å². The Morgan fingerprint density at radius 3 is 2.95 bits per heavy atom. The fourth-order valence-corrected chi connectivity index (χ4v) is 3.28. The number of anilines is 1. The molecule has 0 bridgehead atoms. The number of nitrogen functional groups attached to an aromatic ring is 1. The maximum absolute atomic E-state index is 11.1. The third kappa shape index (κ3) is 3.01. The van der Waals surface area contributed by atoms with Crippen LogP contribution >= 0.6 is 7.15 Å². The Hall–Kier alpha value is -1.07. The Morgan fingerprint density at radius 2 is 2.27 bits per heavy atom. The summed E-state index contributed by atoms with van der Waals surface area (Å²) < 4.78 is 12.0. The lowest BCUT2D eigenvalue weighted by Crippen LogP contribution is -2.33. The lowest BCUT2D eigenvalue weighted by atomic mass is 10.2. The molecule has 0 spiro atoms. The molecular formula is C10H12N5O5PS-2. The first-order chi connectivity index (χ1) is 10.4. The summed E-state index contributed by atoms with van der Waals surface area (Å²) in [6.07, 6.45) is 0.630. The highest BCUT2D eigenvalue weighted by atomic mass is 32.7. The van der Waals surface area contributed by atoms with Gasteiger partial charge in [-0.3, -0.25) is 9.09 Å². The van der Waals surface area contributed by atoms with Gasteiger partial charge in [-0.1, -0.05) is 7.15 Å². The van der Waals surface area contributed by atoms with Crippen LogP contribution in [0.25, 0.3) is 11.2 Å². The van der Waals surface area contributed by atoms with E-state index in [1.807, 2.05) is 0 Å². The van der Waals surface area contributed by atoms with Gasteiger partial charge in [0.25, 0.3) is 0 Å². The molecule has 120 valence electrons. The molecule has 1 saturated heterocycles. The largest absolute Gasteiger partial charge is 0.676 e. The number of ether oxygens (including phenoxy) is 1. The molecule has 2 aromatic heterocycles. The van der Waals surface area contributed by atoms with Crippen molar-refractivity contribution in [2.24, 2.45) is 0 Å². The molecule has 0 aromatic carbocycles. The maximum atomic E-state index is 11.1. The highest BCUT2D eigenvalue weighted by molar-refractivity contribution is 8.33. The molecule has 1 aliphatic heterocycles. The molecule has 0 radical (unpaired) electrons. The highest BCUT2D eigenvalue weighted by Gasteiger charge is 2.39. The molecule has 0 aliphatic carbocycles. The Morgan fingerprint density at radius 1 is 1.50 bits per heavy atom. The van der Waals surface area contributed by atoms with Crippen molar-refractivity contribution in [3.8, 4) is 0 Å². The minimum atomic E-state index is -4.35. The van der Waals surface area contributed by atoms with Crippen molar-refractivity contribution in [2.75, 3.05) is 12.3 Å². The van der Waals surface area contributed by atoms with Gasteiger partial charge >= 0.3 is 0 Å². The van der Waals surface area contributed by atoms with E-state index < -0.39 is 32.2 Å². The molecule has 0 saturated carbocycles. The van der Waals surface area contributed by atoms with Crippen molar-refractivity contribution < 1.29 is 24.2 Å². The monoisotopic (exact) mass is 345 g/mol. The van der Waals surface area contributed by atoms with Gasteiger partial charge in [0.05, 0.1) is 12.9 Å². The van der Waals surface area contributed by atoms with Crippen LogP contribution in [-0.4, -0.2) is 43.4 Å². The number of aliphatic hydroxyl groups excluding tert-OH is 1. The van der Waals surface area contributed by atoms with Crippen molar-refractivity contribution in [1.29, 1.82) is 0 Å². The number of aromatic nitrogens is 4. The molecule has 2 aromatic rings. The summed E-state index contributed by atoms with van der Waals surface area (Å²) in [7, 11) is -4.35. The molecule has 0 unspecified atom stereocenters. The quantitative estimate of drug-likeness (QED) is 0.470. The average molecular weight is 345 g/mol. The molecule has 0 amide bonds. The Bertz CT molecular complexity index is 679. The average Bonchev–Trinajstić information content (AvgIpc) is 3.01. The molecule has 22 heavy (non-hydrogen) atoms.